The van der Waals surface area contributed by atoms with E-state index in [0.717, 1.165) is 13.1 Å². The van der Waals surface area contributed by atoms with Crippen molar-refractivity contribution in [1.82, 2.24) is 0 Å². The zero-order chi connectivity index (χ0) is 3.41. The standard InChI is InChI=1S/C2H8N2.Cr.4O/c3-1-2-4;;;;;/h1-4H2;;;;;/q;+6;4*-2/p+2. The fraction of sp³-hybridized carbons (Fsp3) is 1.00. The molecule has 0 amide bonds. The van der Waals surface area contributed by atoms with Gasteiger partial charge in [0.25, 0.3) is 0 Å². The summed E-state index contributed by atoms with van der Waals surface area (Å²) in [5, 5.41) is 0. The van der Waals surface area contributed by atoms with Crippen LogP contribution in [0.5, 0.6) is 0 Å². The second-order valence-corrected chi connectivity index (χ2v) is 0.707. The molecular weight excluding hydrogens is 168 g/mol. The molecule has 0 fully saturated rings. The van der Waals surface area contributed by atoms with Crippen LogP contribution in [0, 0.1) is 0 Å². The fourth-order valence-corrected chi connectivity index (χ4v) is 0. The van der Waals surface area contributed by atoms with Crippen LogP contribution in [0.2, 0.25) is 0 Å². The maximum Gasteiger partial charge on any atom is 6.00 e. The predicted molar refractivity (Wildman–Crippen MR) is 18.3 cm³/mol. The van der Waals surface area contributed by atoms with Gasteiger partial charge >= 0.3 is 17.4 Å². The van der Waals surface area contributed by atoms with Crippen molar-refractivity contribution in [3.05, 3.63) is 0 Å². The third kappa shape index (κ3) is 197. The summed E-state index contributed by atoms with van der Waals surface area (Å²) in [4.78, 5) is 0. The van der Waals surface area contributed by atoms with Gasteiger partial charge < -0.3 is 33.4 Å². The van der Waals surface area contributed by atoms with Gasteiger partial charge in [0, 0.05) is 0 Å². The average molecular weight is 178 g/mol. The molecule has 0 radical (unpaired) electrons. The van der Waals surface area contributed by atoms with Gasteiger partial charge in [-0.1, -0.05) is 0 Å². The Labute approximate surface area is 64.6 Å². The van der Waals surface area contributed by atoms with Crippen molar-refractivity contribution in [3.8, 4) is 0 Å². The first-order valence-corrected chi connectivity index (χ1v) is 1.50. The van der Waals surface area contributed by atoms with E-state index in [1.165, 1.54) is 0 Å². The molecule has 0 saturated heterocycles. The largest absolute Gasteiger partial charge is 6.00 e. The van der Waals surface area contributed by atoms with Gasteiger partial charge in [-0.15, -0.1) is 0 Å². The molecule has 9 heavy (non-hydrogen) atoms. The van der Waals surface area contributed by atoms with Crippen LogP contribution in [0.25, 0.3) is 0 Å². The molecule has 0 atom stereocenters. The van der Waals surface area contributed by atoms with E-state index in [0.29, 0.717) is 0 Å². The van der Waals surface area contributed by atoms with Crippen molar-refractivity contribution < 1.29 is 50.7 Å². The van der Waals surface area contributed by atoms with Gasteiger partial charge in [0.1, 0.15) is 13.1 Å². The molecule has 0 spiro atoms. The summed E-state index contributed by atoms with van der Waals surface area (Å²) < 4.78 is 0. The molecule has 0 heterocycles. The van der Waals surface area contributed by atoms with Crippen molar-refractivity contribution >= 4 is 0 Å². The summed E-state index contributed by atoms with van der Waals surface area (Å²) in [6.45, 7) is 1.92. The van der Waals surface area contributed by atoms with Crippen LogP contribution < -0.4 is 11.5 Å². The normalized spacial score (nSPS) is 3.33. The van der Waals surface area contributed by atoms with E-state index >= 15 is 0 Å². The van der Waals surface area contributed by atoms with Crippen molar-refractivity contribution in [2.75, 3.05) is 13.1 Å². The van der Waals surface area contributed by atoms with E-state index in [4.69, 9.17) is 0 Å². The molecule has 0 bridgehead atoms. The minimum atomic E-state index is 0. The molecule has 0 aromatic carbocycles. The molecule has 58 valence electrons. The third-order valence-corrected chi connectivity index (χ3v) is 0.250. The van der Waals surface area contributed by atoms with Crippen molar-refractivity contribution in [2.24, 2.45) is 0 Å². The van der Waals surface area contributed by atoms with Crippen molar-refractivity contribution in [3.63, 3.8) is 0 Å². The minimum Gasteiger partial charge on any atom is -2.00 e. The zero-order valence-electron chi connectivity index (χ0n) is 4.87. The third-order valence-electron chi connectivity index (χ3n) is 0.250. The van der Waals surface area contributed by atoms with Crippen LogP contribution in [0.1, 0.15) is 0 Å². The van der Waals surface area contributed by atoms with Gasteiger partial charge in [-0.05, 0) is 0 Å². The van der Waals surface area contributed by atoms with E-state index in [-0.39, 0.29) is 39.3 Å². The van der Waals surface area contributed by atoms with Crippen LogP contribution in [0.4, 0.5) is 0 Å². The molecule has 0 saturated carbocycles. The molecule has 6 nitrogen and oxygen atoms in total. The number of hydrogen-bond donors (Lipinski definition) is 2. The molecule has 0 aliphatic rings. The molecule has 0 rings (SSSR count). The summed E-state index contributed by atoms with van der Waals surface area (Å²) in [7, 11) is 0. The molecule has 0 aromatic rings. The summed E-state index contributed by atoms with van der Waals surface area (Å²) in [6.07, 6.45) is 0. The number of hydrogen-bond acceptors (Lipinski definition) is 0. The Balaban J connectivity index is -0.00000000450. The van der Waals surface area contributed by atoms with E-state index in [1.54, 1.807) is 0 Å². The van der Waals surface area contributed by atoms with E-state index < -0.39 is 0 Å². The van der Waals surface area contributed by atoms with Crippen molar-refractivity contribution in [1.29, 1.82) is 0 Å². The quantitative estimate of drug-likeness (QED) is 0.417. The average Bonchev–Trinajstić information content (AvgIpc) is 1.37. The maximum atomic E-state index is 3.54. The second-order valence-electron chi connectivity index (χ2n) is 0.707. The molecule has 6 N–H and O–H groups in total. The zero-order valence-corrected chi connectivity index (χ0v) is 6.14. The van der Waals surface area contributed by atoms with Gasteiger partial charge in [-0.3, -0.25) is 0 Å². The molecule has 0 aliphatic carbocycles. The van der Waals surface area contributed by atoms with E-state index in [1.807, 2.05) is 0 Å². The van der Waals surface area contributed by atoms with Crippen LogP contribution >= 0.6 is 0 Å². The Hall–Kier alpha value is 0.292. The Morgan fingerprint density at radius 1 is 0.667 bits per heavy atom. The van der Waals surface area contributed by atoms with Gasteiger partial charge in [0.2, 0.25) is 0 Å². The van der Waals surface area contributed by atoms with Gasteiger partial charge in [0.15, 0.2) is 0 Å². The summed E-state index contributed by atoms with van der Waals surface area (Å²) in [5.41, 5.74) is 7.08. The van der Waals surface area contributed by atoms with Gasteiger partial charge in [-0.2, -0.15) is 0 Å². The topological polar surface area (TPSA) is 169 Å². The predicted octanol–water partition coefficient (Wildman–Crippen LogP) is -3.01. The summed E-state index contributed by atoms with van der Waals surface area (Å²) in [5.74, 6) is 0. The van der Waals surface area contributed by atoms with Crippen LogP contribution in [0.15, 0.2) is 0 Å². The first-order chi connectivity index (χ1) is 1.91. The van der Waals surface area contributed by atoms with Crippen LogP contribution in [-0.2, 0) is 39.3 Å². The number of rotatable bonds is 1. The molecule has 0 aromatic heterocycles. The monoisotopic (exact) mass is 178 g/mol. The smallest absolute Gasteiger partial charge is 2.00 e. The summed E-state index contributed by atoms with van der Waals surface area (Å²) in [6, 6.07) is 0. The Bertz CT molecular complexity index is 18.5. The second kappa shape index (κ2) is 83.9. The molecule has 0 unspecified atom stereocenters. The fourth-order valence-electron chi connectivity index (χ4n) is 0. The SMILES string of the molecule is [Cr+6].[NH3+]CC[NH3+].[O-2].[O-2].[O-2].[O-2]. The minimum absolute atomic E-state index is 0. The molecular formula is C2H10CrN2O4. The first-order valence-electron chi connectivity index (χ1n) is 1.50. The number of quaternary nitrogens is 2. The Morgan fingerprint density at radius 2 is 0.778 bits per heavy atom. The first kappa shape index (κ1) is 58.9. The van der Waals surface area contributed by atoms with Crippen LogP contribution in [-0.4, -0.2) is 13.1 Å². The summed E-state index contributed by atoms with van der Waals surface area (Å²) >= 11 is 0. The van der Waals surface area contributed by atoms with Crippen LogP contribution in [0.3, 0.4) is 0 Å². The Morgan fingerprint density at radius 3 is 0.778 bits per heavy atom. The van der Waals surface area contributed by atoms with Crippen molar-refractivity contribution in [2.45, 2.75) is 0 Å². The molecule has 0 aliphatic heterocycles. The maximum absolute atomic E-state index is 3.54. The van der Waals surface area contributed by atoms with E-state index in [2.05, 4.69) is 11.5 Å². The van der Waals surface area contributed by atoms with Gasteiger partial charge in [-0.25, -0.2) is 0 Å². The van der Waals surface area contributed by atoms with E-state index in [9.17, 15) is 0 Å². The van der Waals surface area contributed by atoms with Gasteiger partial charge in [0.05, 0.1) is 0 Å². The Kier molecular flexibility index (Phi) is 550. The molecule has 7 heteroatoms.